The molecular formula is C14H17FN2O3. The molecule has 6 heteroatoms. The number of benzene rings is 1. The molecule has 1 aromatic rings. The highest BCUT2D eigenvalue weighted by Gasteiger charge is 2.33. The van der Waals surface area contributed by atoms with Crippen molar-refractivity contribution in [1.82, 2.24) is 5.32 Å². The molecule has 5 nitrogen and oxygen atoms in total. The van der Waals surface area contributed by atoms with Crippen molar-refractivity contribution in [3.63, 3.8) is 0 Å². The number of aliphatic carboxylic acids is 1. The summed E-state index contributed by atoms with van der Waals surface area (Å²) < 4.78 is 13.1. The Labute approximate surface area is 116 Å². The number of amides is 2. The predicted octanol–water partition coefficient (Wildman–Crippen LogP) is 2.51. The van der Waals surface area contributed by atoms with Crippen LogP contribution >= 0.6 is 0 Å². The number of rotatable bonds is 5. The van der Waals surface area contributed by atoms with E-state index in [0.717, 1.165) is 12.8 Å². The van der Waals surface area contributed by atoms with Crippen LogP contribution in [-0.2, 0) is 4.79 Å². The zero-order valence-electron chi connectivity index (χ0n) is 11.1. The van der Waals surface area contributed by atoms with Crippen LogP contribution in [0.1, 0.15) is 24.8 Å². The lowest BCUT2D eigenvalue weighted by Crippen LogP contribution is -2.40. The number of nitrogens with one attached hydrogen (secondary N) is 2. The van der Waals surface area contributed by atoms with E-state index in [1.54, 1.807) is 6.92 Å². The highest BCUT2D eigenvalue weighted by molar-refractivity contribution is 5.89. The molecule has 0 heterocycles. The Balaban J connectivity index is 1.93. The highest BCUT2D eigenvalue weighted by Crippen LogP contribution is 2.34. The van der Waals surface area contributed by atoms with Crippen molar-refractivity contribution < 1.29 is 19.1 Å². The maximum Gasteiger partial charge on any atom is 0.319 e. The lowest BCUT2D eigenvalue weighted by atomic mass is 10.1. The van der Waals surface area contributed by atoms with Crippen LogP contribution in [0.15, 0.2) is 18.2 Å². The minimum absolute atomic E-state index is 0.0828. The summed E-state index contributed by atoms with van der Waals surface area (Å²) in [6.07, 6.45) is 1.79. The molecule has 0 bridgehead atoms. The van der Waals surface area contributed by atoms with E-state index in [4.69, 9.17) is 5.11 Å². The second kappa shape index (κ2) is 5.90. The summed E-state index contributed by atoms with van der Waals surface area (Å²) in [5.74, 6) is -1.02. The third-order valence-electron chi connectivity index (χ3n) is 3.32. The van der Waals surface area contributed by atoms with E-state index in [0.29, 0.717) is 11.3 Å². The normalized spacial score (nSPS) is 15.5. The third kappa shape index (κ3) is 3.94. The van der Waals surface area contributed by atoms with Crippen LogP contribution in [0.5, 0.6) is 0 Å². The molecule has 1 atom stereocenters. The molecular weight excluding hydrogens is 263 g/mol. The van der Waals surface area contributed by atoms with Gasteiger partial charge in [-0.15, -0.1) is 0 Å². The number of carbonyl (C=O) groups excluding carboxylic acids is 1. The maximum absolute atomic E-state index is 13.1. The van der Waals surface area contributed by atoms with Gasteiger partial charge in [0.2, 0.25) is 0 Å². The molecule has 1 fully saturated rings. The highest BCUT2D eigenvalue weighted by atomic mass is 19.1. The van der Waals surface area contributed by atoms with Crippen molar-refractivity contribution >= 4 is 17.7 Å². The first kappa shape index (κ1) is 14.3. The van der Waals surface area contributed by atoms with Gasteiger partial charge in [-0.2, -0.15) is 0 Å². The summed E-state index contributed by atoms with van der Waals surface area (Å²) in [7, 11) is 0. The van der Waals surface area contributed by atoms with Crippen LogP contribution in [-0.4, -0.2) is 23.1 Å². The first-order chi connectivity index (χ1) is 9.45. The standard InChI is InChI=1S/C14H17FN2O3/c1-8-6-10(4-5-11(8)15)16-14(20)17-12(7-13(18)19)9-2-3-9/h4-6,9,12H,2-3,7H2,1H3,(H,18,19)(H2,16,17,20). The fourth-order valence-electron chi connectivity index (χ4n) is 2.08. The average molecular weight is 280 g/mol. The fraction of sp³-hybridized carbons (Fsp3) is 0.429. The fourth-order valence-corrected chi connectivity index (χ4v) is 2.08. The van der Waals surface area contributed by atoms with Crippen LogP contribution in [0.3, 0.4) is 0 Å². The Bertz CT molecular complexity index is 529. The molecule has 0 aliphatic heterocycles. The van der Waals surface area contributed by atoms with E-state index in [2.05, 4.69) is 10.6 Å². The first-order valence-electron chi connectivity index (χ1n) is 6.51. The van der Waals surface area contributed by atoms with Crippen molar-refractivity contribution in [3.8, 4) is 0 Å². The number of carboxylic acid groups (broad SMARTS) is 1. The summed E-state index contributed by atoms with van der Waals surface area (Å²) in [6, 6.07) is 3.45. The lowest BCUT2D eigenvalue weighted by molar-refractivity contribution is -0.137. The second-order valence-electron chi connectivity index (χ2n) is 5.10. The molecule has 1 aromatic carbocycles. The smallest absolute Gasteiger partial charge is 0.319 e. The minimum atomic E-state index is -0.931. The van der Waals surface area contributed by atoms with E-state index in [1.807, 2.05) is 0 Å². The monoisotopic (exact) mass is 280 g/mol. The molecule has 0 spiro atoms. The summed E-state index contributed by atoms with van der Waals surface area (Å²) in [5.41, 5.74) is 0.915. The molecule has 2 amide bonds. The Hall–Kier alpha value is -2.11. The topological polar surface area (TPSA) is 78.4 Å². The Morgan fingerprint density at radius 3 is 2.70 bits per heavy atom. The summed E-state index contributed by atoms with van der Waals surface area (Å²) in [4.78, 5) is 22.6. The van der Waals surface area contributed by atoms with Crippen LogP contribution < -0.4 is 10.6 Å². The number of halogens is 1. The van der Waals surface area contributed by atoms with Gasteiger partial charge in [-0.05, 0) is 49.4 Å². The van der Waals surface area contributed by atoms with Gasteiger partial charge in [0, 0.05) is 11.7 Å². The summed E-state index contributed by atoms with van der Waals surface area (Å²) in [5, 5.41) is 14.1. The molecule has 1 unspecified atom stereocenters. The molecule has 1 saturated carbocycles. The van der Waals surface area contributed by atoms with E-state index in [1.165, 1.54) is 18.2 Å². The number of carboxylic acids is 1. The molecule has 2 rings (SSSR count). The van der Waals surface area contributed by atoms with Gasteiger partial charge in [0.15, 0.2) is 0 Å². The van der Waals surface area contributed by atoms with E-state index in [9.17, 15) is 14.0 Å². The number of hydrogen-bond acceptors (Lipinski definition) is 2. The molecule has 0 saturated heterocycles. The lowest BCUT2D eigenvalue weighted by Gasteiger charge is -2.17. The zero-order valence-corrected chi connectivity index (χ0v) is 11.1. The van der Waals surface area contributed by atoms with Gasteiger partial charge in [0.25, 0.3) is 0 Å². The van der Waals surface area contributed by atoms with Gasteiger partial charge in [-0.25, -0.2) is 9.18 Å². The number of urea groups is 1. The summed E-state index contributed by atoms with van der Waals surface area (Å²) in [6.45, 7) is 1.61. The summed E-state index contributed by atoms with van der Waals surface area (Å²) >= 11 is 0. The predicted molar refractivity (Wildman–Crippen MR) is 72.1 cm³/mol. The molecule has 0 aromatic heterocycles. The SMILES string of the molecule is Cc1cc(NC(=O)NC(CC(=O)O)C2CC2)ccc1F. The van der Waals surface area contributed by atoms with Crippen LogP contribution in [0.25, 0.3) is 0 Å². The number of aryl methyl sites for hydroxylation is 1. The third-order valence-corrected chi connectivity index (χ3v) is 3.32. The van der Waals surface area contributed by atoms with Crippen molar-refractivity contribution in [2.24, 2.45) is 5.92 Å². The van der Waals surface area contributed by atoms with Crippen LogP contribution in [0.4, 0.5) is 14.9 Å². The van der Waals surface area contributed by atoms with E-state index < -0.39 is 12.0 Å². The maximum atomic E-state index is 13.1. The first-order valence-corrected chi connectivity index (χ1v) is 6.51. The van der Waals surface area contributed by atoms with E-state index >= 15 is 0 Å². The van der Waals surface area contributed by atoms with E-state index in [-0.39, 0.29) is 24.2 Å². The Morgan fingerprint density at radius 2 is 2.15 bits per heavy atom. The average Bonchev–Trinajstić information content (AvgIpc) is 3.16. The van der Waals surface area contributed by atoms with Crippen LogP contribution in [0.2, 0.25) is 0 Å². The Morgan fingerprint density at radius 1 is 1.45 bits per heavy atom. The van der Waals surface area contributed by atoms with Crippen molar-refractivity contribution in [2.75, 3.05) is 5.32 Å². The molecule has 1 aliphatic rings. The molecule has 1 aliphatic carbocycles. The van der Waals surface area contributed by atoms with Gasteiger partial charge in [0.05, 0.1) is 6.42 Å². The quantitative estimate of drug-likeness (QED) is 0.775. The minimum Gasteiger partial charge on any atom is -0.481 e. The van der Waals surface area contributed by atoms with Gasteiger partial charge in [-0.1, -0.05) is 0 Å². The molecule has 3 N–H and O–H groups in total. The number of hydrogen-bond donors (Lipinski definition) is 3. The number of carbonyl (C=O) groups is 2. The molecule has 20 heavy (non-hydrogen) atoms. The van der Waals surface area contributed by atoms with Gasteiger partial charge in [-0.3, -0.25) is 4.79 Å². The largest absolute Gasteiger partial charge is 0.481 e. The van der Waals surface area contributed by atoms with Gasteiger partial charge < -0.3 is 15.7 Å². The van der Waals surface area contributed by atoms with Crippen molar-refractivity contribution in [3.05, 3.63) is 29.6 Å². The molecule has 108 valence electrons. The van der Waals surface area contributed by atoms with Crippen molar-refractivity contribution in [2.45, 2.75) is 32.2 Å². The molecule has 0 radical (unpaired) electrons. The van der Waals surface area contributed by atoms with Gasteiger partial charge >= 0.3 is 12.0 Å². The second-order valence-corrected chi connectivity index (χ2v) is 5.10. The number of anilines is 1. The zero-order chi connectivity index (χ0) is 14.7. The Kier molecular flexibility index (Phi) is 4.22. The van der Waals surface area contributed by atoms with Gasteiger partial charge in [0.1, 0.15) is 5.82 Å². The van der Waals surface area contributed by atoms with Crippen LogP contribution in [0, 0.1) is 18.7 Å². The van der Waals surface area contributed by atoms with Crippen molar-refractivity contribution in [1.29, 1.82) is 0 Å².